The zero-order valence-corrected chi connectivity index (χ0v) is 23.6. The van der Waals surface area contributed by atoms with Crippen LogP contribution in [0.15, 0.2) is 57.2 Å². The van der Waals surface area contributed by atoms with E-state index in [1.54, 1.807) is 18.2 Å². The van der Waals surface area contributed by atoms with Gasteiger partial charge in [0, 0.05) is 30.7 Å². The minimum atomic E-state index is -0.534. The highest BCUT2D eigenvalue weighted by Crippen LogP contribution is 2.36. The predicted octanol–water partition coefficient (Wildman–Crippen LogP) is 4.49. The molecule has 0 atom stereocenters. The molecule has 0 bridgehead atoms. The van der Waals surface area contributed by atoms with Gasteiger partial charge < -0.3 is 5.32 Å². The Bertz CT molecular complexity index is 1620. The van der Waals surface area contributed by atoms with Crippen LogP contribution in [0.3, 0.4) is 0 Å². The molecule has 198 valence electrons. The van der Waals surface area contributed by atoms with E-state index in [4.69, 9.17) is 23.2 Å². The second-order valence-electron chi connectivity index (χ2n) is 8.50. The van der Waals surface area contributed by atoms with Gasteiger partial charge in [-0.25, -0.2) is 4.79 Å². The maximum Gasteiger partial charge on any atom is 0.332 e. The lowest BCUT2D eigenvalue weighted by atomic mass is 10.0. The summed E-state index contributed by atoms with van der Waals surface area (Å²) < 4.78 is 4.10. The standard InChI is InChI=1S/C26H26Cl2N6O3S/c1-5-15-8-7-9-16(6-2)23(15)34-24(18-11-10-17(27)12-19(18)28)30-31-25(34)38-14-21(35)29-20-13-22(36)33(4)26(37)32(20)3/h7-13H,5-6,14H2,1-4H3,(H,29,35). The van der Waals surface area contributed by atoms with E-state index >= 15 is 0 Å². The number of carbonyl (C=O) groups excluding carboxylic acids is 1. The molecule has 4 rings (SSSR count). The Hall–Kier alpha value is -3.34. The average Bonchev–Trinajstić information content (AvgIpc) is 3.31. The van der Waals surface area contributed by atoms with Gasteiger partial charge in [-0.15, -0.1) is 10.2 Å². The quantitative estimate of drug-likeness (QED) is 0.312. The number of amides is 1. The summed E-state index contributed by atoms with van der Waals surface area (Å²) in [5, 5.41) is 12.9. The summed E-state index contributed by atoms with van der Waals surface area (Å²) >= 11 is 13.9. The zero-order chi connectivity index (χ0) is 27.6. The van der Waals surface area contributed by atoms with Gasteiger partial charge in [0.15, 0.2) is 11.0 Å². The van der Waals surface area contributed by atoms with Crippen LogP contribution in [0.1, 0.15) is 25.0 Å². The fraction of sp³-hybridized carbons (Fsp3) is 0.269. The van der Waals surface area contributed by atoms with E-state index in [-0.39, 0.29) is 11.6 Å². The van der Waals surface area contributed by atoms with Gasteiger partial charge in [-0.05, 0) is 42.2 Å². The van der Waals surface area contributed by atoms with E-state index in [1.165, 1.54) is 36.5 Å². The Kier molecular flexibility index (Phi) is 8.44. The lowest BCUT2D eigenvalue weighted by Crippen LogP contribution is -2.38. The summed E-state index contributed by atoms with van der Waals surface area (Å²) in [5.74, 6) is 0.201. The Morgan fingerprint density at radius 1 is 0.974 bits per heavy atom. The van der Waals surface area contributed by atoms with Gasteiger partial charge in [0.05, 0.1) is 16.5 Å². The van der Waals surface area contributed by atoms with Crippen LogP contribution in [0.25, 0.3) is 17.1 Å². The second kappa shape index (κ2) is 11.6. The van der Waals surface area contributed by atoms with E-state index in [0.717, 1.165) is 34.2 Å². The molecule has 1 N–H and O–H groups in total. The summed E-state index contributed by atoms with van der Waals surface area (Å²) in [5.41, 5.74) is 2.74. The number of anilines is 1. The molecule has 0 saturated heterocycles. The molecule has 12 heteroatoms. The number of nitrogens with one attached hydrogen (secondary N) is 1. The van der Waals surface area contributed by atoms with Crippen molar-refractivity contribution in [2.75, 3.05) is 11.1 Å². The third-order valence-corrected chi connectivity index (χ3v) is 7.60. The molecule has 0 radical (unpaired) electrons. The van der Waals surface area contributed by atoms with Gasteiger partial charge in [-0.2, -0.15) is 0 Å². The molecular formula is C26H26Cl2N6O3S. The van der Waals surface area contributed by atoms with Gasteiger partial charge in [0.2, 0.25) is 5.91 Å². The second-order valence-corrected chi connectivity index (χ2v) is 10.3. The number of nitrogens with zero attached hydrogens (tertiary/aromatic N) is 5. The third kappa shape index (κ3) is 5.43. The first-order valence-electron chi connectivity index (χ1n) is 11.9. The minimum absolute atomic E-state index is 0.0361. The smallest absolute Gasteiger partial charge is 0.311 e. The molecule has 0 aliphatic heterocycles. The highest BCUT2D eigenvalue weighted by atomic mass is 35.5. The topological polar surface area (TPSA) is 104 Å². The van der Waals surface area contributed by atoms with Crippen molar-refractivity contribution in [2.24, 2.45) is 14.1 Å². The van der Waals surface area contributed by atoms with E-state index < -0.39 is 17.2 Å². The van der Waals surface area contributed by atoms with Gasteiger partial charge in [0.25, 0.3) is 5.56 Å². The summed E-state index contributed by atoms with van der Waals surface area (Å²) in [6.07, 6.45) is 1.55. The average molecular weight is 574 g/mol. The summed E-state index contributed by atoms with van der Waals surface area (Å²) in [6, 6.07) is 12.5. The largest absolute Gasteiger partial charge is 0.332 e. The van der Waals surface area contributed by atoms with Crippen LogP contribution in [0.5, 0.6) is 0 Å². The van der Waals surface area contributed by atoms with Gasteiger partial charge >= 0.3 is 5.69 Å². The zero-order valence-electron chi connectivity index (χ0n) is 21.3. The Morgan fingerprint density at radius 3 is 2.29 bits per heavy atom. The number of hydrogen-bond donors (Lipinski definition) is 1. The van der Waals surface area contributed by atoms with Crippen molar-refractivity contribution in [3.63, 3.8) is 0 Å². The number of aryl methyl sites for hydroxylation is 2. The molecule has 9 nitrogen and oxygen atoms in total. The first-order valence-corrected chi connectivity index (χ1v) is 13.6. The predicted molar refractivity (Wildman–Crippen MR) is 152 cm³/mol. The van der Waals surface area contributed by atoms with Crippen molar-refractivity contribution >= 4 is 46.7 Å². The molecule has 0 unspecified atom stereocenters. The molecule has 4 aromatic rings. The fourth-order valence-corrected chi connectivity index (χ4v) is 5.31. The molecular weight excluding hydrogens is 547 g/mol. The fourth-order valence-electron chi connectivity index (χ4n) is 4.07. The van der Waals surface area contributed by atoms with E-state index in [2.05, 4.69) is 41.5 Å². The molecule has 2 aromatic carbocycles. The van der Waals surface area contributed by atoms with Crippen LogP contribution >= 0.6 is 35.0 Å². The number of benzene rings is 2. The number of halogens is 2. The number of rotatable bonds is 8. The number of aromatic nitrogens is 5. The van der Waals surface area contributed by atoms with Crippen molar-refractivity contribution in [1.82, 2.24) is 23.9 Å². The van der Waals surface area contributed by atoms with E-state index in [1.807, 2.05) is 10.6 Å². The lowest BCUT2D eigenvalue weighted by Gasteiger charge is -2.18. The van der Waals surface area contributed by atoms with Gasteiger partial charge in [-0.3, -0.25) is 23.3 Å². The Labute approximate surface area is 233 Å². The normalized spacial score (nSPS) is 11.1. The molecule has 38 heavy (non-hydrogen) atoms. The summed E-state index contributed by atoms with van der Waals surface area (Å²) in [4.78, 5) is 37.1. The van der Waals surface area contributed by atoms with Crippen molar-refractivity contribution in [1.29, 1.82) is 0 Å². The highest BCUT2D eigenvalue weighted by molar-refractivity contribution is 7.99. The lowest BCUT2D eigenvalue weighted by molar-refractivity contribution is -0.113. The molecule has 1 amide bonds. The van der Waals surface area contributed by atoms with Crippen LogP contribution in [-0.4, -0.2) is 35.6 Å². The van der Waals surface area contributed by atoms with Gasteiger partial charge in [0.1, 0.15) is 5.82 Å². The van der Waals surface area contributed by atoms with Crippen LogP contribution < -0.4 is 16.6 Å². The maximum absolute atomic E-state index is 12.9. The number of hydrogen-bond acceptors (Lipinski definition) is 6. The van der Waals surface area contributed by atoms with E-state index in [0.29, 0.717) is 26.6 Å². The minimum Gasteiger partial charge on any atom is -0.311 e. The third-order valence-electron chi connectivity index (χ3n) is 6.12. The first kappa shape index (κ1) is 27.7. The van der Waals surface area contributed by atoms with Crippen molar-refractivity contribution in [3.8, 4) is 17.1 Å². The molecule has 2 aromatic heterocycles. The first-order chi connectivity index (χ1) is 18.2. The molecule has 0 saturated carbocycles. The Morgan fingerprint density at radius 2 is 1.66 bits per heavy atom. The van der Waals surface area contributed by atoms with Crippen molar-refractivity contribution < 1.29 is 4.79 Å². The van der Waals surface area contributed by atoms with E-state index in [9.17, 15) is 14.4 Å². The van der Waals surface area contributed by atoms with Crippen LogP contribution in [0, 0.1) is 0 Å². The number of para-hydroxylation sites is 1. The SMILES string of the molecule is CCc1cccc(CC)c1-n1c(SCC(=O)Nc2cc(=O)n(C)c(=O)n2C)nnc1-c1ccc(Cl)cc1Cl. The van der Waals surface area contributed by atoms with Crippen molar-refractivity contribution in [2.45, 2.75) is 31.8 Å². The maximum atomic E-state index is 12.9. The molecule has 2 heterocycles. The molecule has 0 spiro atoms. The molecule has 0 aliphatic rings. The van der Waals surface area contributed by atoms with Gasteiger partial charge in [-0.1, -0.05) is 67.0 Å². The highest BCUT2D eigenvalue weighted by Gasteiger charge is 2.23. The monoisotopic (exact) mass is 572 g/mol. The van der Waals surface area contributed by atoms with Crippen molar-refractivity contribution in [3.05, 3.63) is 84.5 Å². The number of carbonyl (C=O) groups is 1. The van der Waals surface area contributed by atoms with Crippen LogP contribution in [0.2, 0.25) is 10.0 Å². The number of thioether (sulfide) groups is 1. The van der Waals surface area contributed by atoms with Crippen LogP contribution in [-0.2, 0) is 31.7 Å². The van der Waals surface area contributed by atoms with Crippen LogP contribution in [0.4, 0.5) is 5.82 Å². The summed E-state index contributed by atoms with van der Waals surface area (Å²) in [7, 11) is 2.86. The molecule has 0 fully saturated rings. The summed E-state index contributed by atoms with van der Waals surface area (Å²) in [6.45, 7) is 4.15. The molecule has 0 aliphatic carbocycles. The Balaban J connectivity index is 1.74.